The van der Waals surface area contributed by atoms with Crippen molar-refractivity contribution in [3.63, 3.8) is 0 Å². The summed E-state index contributed by atoms with van der Waals surface area (Å²) in [5, 5.41) is 5.58. The third-order valence-electron chi connectivity index (χ3n) is 6.77. The number of nitrogens with one attached hydrogen (secondary N) is 2. The second-order valence-corrected chi connectivity index (χ2v) is 9.59. The fourth-order valence-corrected chi connectivity index (χ4v) is 4.42. The molecule has 3 amide bonds. The largest absolute Gasteiger partial charge is 0.393 e. The molecule has 0 unspecified atom stereocenters. The summed E-state index contributed by atoms with van der Waals surface area (Å²) in [5.41, 5.74) is 4.74. The molecule has 5 rings (SSSR count). The molecule has 10 heteroatoms. The minimum atomic E-state index is -4.30. The molecule has 1 aromatic carbocycles. The summed E-state index contributed by atoms with van der Waals surface area (Å²) in [4.78, 5) is 34.5. The lowest BCUT2D eigenvalue weighted by atomic mass is 9.98. The smallest absolute Gasteiger partial charge is 0.324 e. The number of aryl methyl sites for hydroxylation is 1. The first-order chi connectivity index (χ1) is 17.7. The van der Waals surface area contributed by atoms with Crippen LogP contribution in [0.4, 0.5) is 29.5 Å². The lowest BCUT2D eigenvalue weighted by Gasteiger charge is -2.19. The highest BCUT2D eigenvalue weighted by molar-refractivity contribution is 5.94. The van der Waals surface area contributed by atoms with Crippen LogP contribution >= 0.6 is 0 Å². The van der Waals surface area contributed by atoms with Gasteiger partial charge in [-0.15, -0.1) is 0 Å². The lowest BCUT2D eigenvalue weighted by molar-refractivity contribution is -0.169. The molecule has 2 N–H and O–H groups in total. The predicted octanol–water partition coefficient (Wildman–Crippen LogP) is 5.88. The first-order valence-electron chi connectivity index (χ1n) is 12.1. The third-order valence-corrected chi connectivity index (χ3v) is 6.77. The van der Waals surface area contributed by atoms with Gasteiger partial charge in [0.25, 0.3) is 0 Å². The highest BCUT2D eigenvalue weighted by Crippen LogP contribution is 2.35. The predicted molar refractivity (Wildman–Crippen MR) is 134 cm³/mol. The Hall–Kier alpha value is -3.95. The number of carbonyl (C=O) groups excluding carboxylic acids is 2. The van der Waals surface area contributed by atoms with Crippen molar-refractivity contribution >= 4 is 23.4 Å². The van der Waals surface area contributed by atoms with Crippen LogP contribution in [0, 0.1) is 18.8 Å². The number of hydrogen-bond acceptors (Lipinski definition) is 4. The molecule has 0 bridgehead atoms. The maximum Gasteiger partial charge on any atom is 0.393 e. The molecule has 2 aliphatic rings. The Bertz CT molecular complexity index is 1340. The average molecular weight is 510 g/mol. The van der Waals surface area contributed by atoms with Crippen LogP contribution in [0.5, 0.6) is 0 Å². The van der Waals surface area contributed by atoms with E-state index in [1.54, 1.807) is 36.8 Å². The fourth-order valence-electron chi connectivity index (χ4n) is 4.42. The Morgan fingerprint density at radius 3 is 2.49 bits per heavy atom. The van der Waals surface area contributed by atoms with E-state index >= 15 is 0 Å². The van der Waals surface area contributed by atoms with Crippen LogP contribution in [-0.4, -0.2) is 46.1 Å². The first kappa shape index (κ1) is 24.7. The Labute approximate surface area is 212 Å². The number of benzene rings is 1. The van der Waals surface area contributed by atoms with Gasteiger partial charge in [-0.3, -0.25) is 9.78 Å². The van der Waals surface area contributed by atoms with Gasteiger partial charge in [0, 0.05) is 54.4 Å². The topological polar surface area (TPSA) is 87.2 Å². The van der Waals surface area contributed by atoms with Gasteiger partial charge in [0.2, 0.25) is 5.91 Å². The lowest BCUT2D eigenvalue weighted by Crippen LogP contribution is -2.35. The molecule has 3 aromatic rings. The summed E-state index contributed by atoms with van der Waals surface area (Å²) >= 11 is 0. The number of alkyl halides is 3. The van der Waals surface area contributed by atoms with Crippen molar-refractivity contribution < 1.29 is 22.8 Å². The number of carbonyl (C=O) groups is 2. The number of hydrogen-bond donors (Lipinski definition) is 2. The Balaban J connectivity index is 1.33. The highest BCUT2D eigenvalue weighted by Gasteiger charge is 2.44. The summed E-state index contributed by atoms with van der Waals surface area (Å²) < 4.78 is 39.0. The Morgan fingerprint density at radius 2 is 1.76 bits per heavy atom. The maximum absolute atomic E-state index is 13.0. The second-order valence-electron chi connectivity index (χ2n) is 9.59. The third kappa shape index (κ3) is 5.73. The average Bonchev–Trinajstić information content (AvgIpc) is 3.60. The van der Waals surface area contributed by atoms with E-state index in [1.165, 1.54) is 4.90 Å². The molecule has 0 radical (unpaired) electrons. The zero-order valence-corrected chi connectivity index (χ0v) is 20.2. The van der Waals surface area contributed by atoms with Crippen molar-refractivity contribution in [2.45, 2.75) is 32.4 Å². The summed E-state index contributed by atoms with van der Waals surface area (Å²) in [7, 11) is 0. The molecule has 1 aliphatic carbocycles. The fraction of sp³-hybridized carbons (Fsp3) is 0.333. The van der Waals surface area contributed by atoms with Gasteiger partial charge in [-0.2, -0.15) is 13.2 Å². The number of pyridine rings is 2. The molecule has 2 fully saturated rings. The minimum absolute atomic E-state index is 0.0196. The van der Waals surface area contributed by atoms with Crippen LogP contribution in [0.25, 0.3) is 22.3 Å². The maximum atomic E-state index is 13.0. The highest BCUT2D eigenvalue weighted by atomic mass is 19.4. The van der Waals surface area contributed by atoms with Gasteiger partial charge in [0.1, 0.15) is 5.82 Å². The molecular weight excluding hydrogens is 483 g/mol. The van der Waals surface area contributed by atoms with E-state index < -0.39 is 18.1 Å². The van der Waals surface area contributed by atoms with Gasteiger partial charge in [-0.05, 0) is 73.2 Å². The van der Waals surface area contributed by atoms with E-state index in [4.69, 9.17) is 0 Å². The van der Waals surface area contributed by atoms with Gasteiger partial charge in [0.15, 0.2) is 0 Å². The van der Waals surface area contributed by atoms with Gasteiger partial charge >= 0.3 is 12.2 Å². The molecule has 37 heavy (non-hydrogen) atoms. The van der Waals surface area contributed by atoms with Crippen molar-refractivity contribution in [1.29, 1.82) is 0 Å². The number of anilines is 2. The van der Waals surface area contributed by atoms with Gasteiger partial charge in [-0.25, -0.2) is 9.78 Å². The SMILES string of the molecule is Cc1ccc(NC(=O)N2CC[C@H](C(F)(F)F)C2)cc1-c1cncc(-c2ccnc(NC(=O)C3CC3)c2)c1. The van der Waals surface area contributed by atoms with Crippen molar-refractivity contribution in [3.8, 4) is 22.3 Å². The van der Waals surface area contributed by atoms with Crippen LogP contribution in [0.15, 0.2) is 55.0 Å². The van der Waals surface area contributed by atoms with E-state index in [-0.39, 0.29) is 31.3 Å². The van der Waals surface area contributed by atoms with E-state index in [0.717, 1.165) is 40.7 Å². The molecular formula is C27H26F3N5O2. The molecule has 7 nitrogen and oxygen atoms in total. The molecule has 1 atom stereocenters. The monoisotopic (exact) mass is 509 g/mol. The van der Waals surface area contributed by atoms with Crippen LogP contribution in [0.1, 0.15) is 24.8 Å². The molecule has 3 heterocycles. The standard InChI is InChI=1S/C27H26F3N5O2/c1-16-2-5-22(33-26(37)35-9-7-21(15-35)27(28,29)30)12-23(16)20-10-19(13-31-14-20)18-6-8-32-24(11-18)34-25(36)17-3-4-17/h2,5-6,8,10-14,17,21H,3-4,7,9,15H2,1H3,(H,33,37)(H,32,34,36)/t21-/m0/s1. The molecule has 1 aliphatic heterocycles. The first-order valence-corrected chi connectivity index (χ1v) is 12.1. The van der Waals surface area contributed by atoms with Gasteiger partial charge < -0.3 is 15.5 Å². The van der Waals surface area contributed by atoms with Crippen molar-refractivity contribution in [1.82, 2.24) is 14.9 Å². The van der Waals surface area contributed by atoms with E-state index in [0.29, 0.717) is 11.5 Å². The molecule has 1 saturated carbocycles. The van der Waals surface area contributed by atoms with Crippen molar-refractivity contribution in [2.75, 3.05) is 23.7 Å². The quantitative estimate of drug-likeness (QED) is 0.450. The van der Waals surface area contributed by atoms with Crippen LogP contribution in [0.3, 0.4) is 0 Å². The van der Waals surface area contributed by atoms with E-state index in [9.17, 15) is 22.8 Å². The number of likely N-dealkylation sites (tertiary alicyclic amines) is 1. The summed E-state index contributed by atoms with van der Waals surface area (Å²) in [5.74, 6) is -0.955. The summed E-state index contributed by atoms with van der Waals surface area (Å²) in [6.45, 7) is 1.66. The van der Waals surface area contributed by atoms with Crippen LogP contribution < -0.4 is 10.6 Å². The van der Waals surface area contributed by atoms with Crippen LogP contribution in [-0.2, 0) is 4.79 Å². The zero-order chi connectivity index (χ0) is 26.2. The number of urea groups is 1. The number of amides is 3. The normalized spacial score (nSPS) is 17.5. The molecule has 1 saturated heterocycles. The Kier molecular flexibility index (Phi) is 6.57. The number of rotatable bonds is 5. The number of nitrogens with zero attached hydrogens (tertiary/aromatic N) is 3. The molecule has 0 spiro atoms. The molecule has 2 aromatic heterocycles. The minimum Gasteiger partial charge on any atom is -0.324 e. The van der Waals surface area contributed by atoms with Crippen molar-refractivity contribution in [2.24, 2.45) is 11.8 Å². The zero-order valence-electron chi connectivity index (χ0n) is 20.2. The van der Waals surface area contributed by atoms with Crippen LogP contribution in [0.2, 0.25) is 0 Å². The summed E-state index contributed by atoms with van der Waals surface area (Å²) in [6.07, 6.45) is 2.48. The van der Waals surface area contributed by atoms with Gasteiger partial charge in [0.05, 0.1) is 5.92 Å². The summed E-state index contributed by atoms with van der Waals surface area (Å²) in [6, 6.07) is 10.4. The van der Waals surface area contributed by atoms with Gasteiger partial charge in [-0.1, -0.05) is 6.07 Å². The second kappa shape index (κ2) is 9.84. The van der Waals surface area contributed by atoms with E-state index in [2.05, 4.69) is 20.6 Å². The number of aromatic nitrogens is 2. The van der Waals surface area contributed by atoms with Crippen molar-refractivity contribution in [3.05, 3.63) is 60.6 Å². The molecule has 192 valence electrons. The van der Waals surface area contributed by atoms with E-state index in [1.807, 2.05) is 25.1 Å². The Morgan fingerprint density at radius 1 is 0.973 bits per heavy atom. The number of halogens is 3.